The van der Waals surface area contributed by atoms with Crippen LogP contribution in [0.1, 0.15) is 37.7 Å². The highest BCUT2D eigenvalue weighted by atomic mass is 32.2. The van der Waals surface area contributed by atoms with Gasteiger partial charge in [0.25, 0.3) is 0 Å². The molecule has 1 aliphatic carbocycles. The Hall–Kier alpha value is -3.30. The molecule has 4 aliphatic rings. The highest BCUT2D eigenvalue weighted by Crippen LogP contribution is 2.55. The number of hydrogen-bond acceptors (Lipinski definition) is 6. The van der Waals surface area contributed by atoms with Crippen LogP contribution in [0.4, 0.5) is 5.69 Å². The van der Waals surface area contributed by atoms with E-state index in [-0.39, 0.29) is 30.3 Å². The first-order valence-corrected chi connectivity index (χ1v) is 15.2. The number of ether oxygens (including phenoxy) is 2. The molecule has 2 aromatic rings. The van der Waals surface area contributed by atoms with Crippen LogP contribution in [0.3, 0.4) is 0 Å². The molecule has 3 heterocycles. The molecule has 210 valence electrons. The van der Waals surface area contributed by atoms with Crippen LogP contribution in [-0.4, -0.2) is 59.8 Å². The van der Waals surface area contributed by atoms with Gasteiger partial charge < -0.3 is 25.0 Å². The van der Waals surface area contributed by atoms with Crippen LogP contribution in [0.2, 0.25) is 0 Å². The van der Waals surface area contributed by atoms with Crippen molar-refractivity contribution in [2.45, 2.75) is 67.3 Å². The Morgan fingerprint density at radius 2 is 1.90 bits per heavy atom. The molecule has 0 radical (unpaired) electrons. The minimum atomic E-state index is -1.19. The monoisotopic (exact) mass is 561 g/mol. The lowest BCUT2D eigenvalue weighted by Crippen LogP contribution is -2.56. The van der Waals surface area contributed by atoms with Crippen LogP contribution >= 0.6 is 11.8 Å². The van der Waals surface area contributed by atoms with E-state index in [2.05, 4.69) is 10.6 Å². The molecule has 3 amide bonds. The van der Waals surface area contributed by atoms with Gasteiger partial charge in [-0.05, 0) is 55.0 Å². The standard InChI is InChI=1S/C31H35N3O5S/c1-38-22-12-6-8-19(16-22)18-34-27(29(36)32-20-9-4-3-5-10-20)31-15-14-24(39-31)25(26(31)30(34)37)28(35)33-21-11-7-13-23(17-21)40-2/h6-8,11-17,20,24-27H,3-5,9-10,18H2,1-2H3,(H,32,36)(H,33,35)/t24-,25-,26-,27+,31-/m0/s1. The van der Waals surface area contributed by atoms with E-state index in [0.29, 0.717) is 11.4 Å². The third-order valence-corrected chi connectivity index (χ3v) is 9.43. The Kier molecular flexibility index (Phi) is 7.35. The van der Waals surface area contributed by atoms with Crippen LogP contribution in [-0.2, 0) is 25.7 Å². The van der Waals surface area contributed by atoms with Gasteiger partial charge in [-0.15, -0.1) is 11.8 Å². The molecule has 2 saturated heterocycles. The lowest BCUT2D eigenvalue weighted by molar-refractivity contribution is -0.142. The van der Waals surface area contributed by atoms with Gasteiger partial charge in [-0.2, -0.15) is 0 Å². The summed E-state index contributed by atoms with van der Waals surface area (Å²) in [6, 6.07) is 14.3. The van der Waals surface area contributed by atoms with Crippen LogP contribution in [0, 0.1) is 11.8 Å². The van der Waals surface area contributed by atoms with E-state index in [9.17, 15) is 14.4 Å². The van der Waals surface area contributed by atoms with Crippen molar-refractivity contribution in [3.8, 4) is 5.75 Å². The number of methoxy groups -OCH3 is 1. The van der Waals surface area contributed by atoms with Crippen molar-refractivity contribution in [3.63, 3.8) is 0 Å². The maximum absolute atomic E-state index is 14.2. The van der Waals surface area contributed by atoms with Crippen LogP contribution in [0.25, 0.3) is 0 Å². The Bertz CT molecular complexity index is 1340. The number of benzene rings is 2. The first kappa shape index (κ1) is 26.9. The van der Waals surface area contributed by atoms with Crippen molar-refractivity contribution in [2.75, 3.05) is 18.7 Å². The van der Waals surface area contributed by atoms with Crippen molar-refractivity contribution >= 4 is 35.2 Å². The molecule has 9 heteroatoms. The van der Waals surface area contributed by atoms with E-state index in [1.165, 1.54) is 6.42 Å². The summed E-state index contributed by atoms with van der Waals surface area (Å²) in [7, 11) is 1.60. The number of fused-ring (bicyclic) bond motifs is 1. The Balaban J connectivity index is 1.32. The molecule has 8 nitrogen and oxygen atoms in total. The average molecular weight is 562 g/mol. The predicted molar refractivity (Wildman–Crippen MR) is 153 cm³/mol. The number of carbonyl (C=O) groups excluding carboxylic acids is 3. The lowest BCUT2D eigenvalue weighted by Gasteiger charge is -2.34. The van der Waals surface area contributed by atoms with Crippen LogP contribution in [0.15, 0.2) is 65.6 Å². The molecule has 2 N–H and O–H groups in total. The molecule has 3 fully saturated rings. The molecule has 0 unspecified atom stereocenters. The fourth-order valence-corrected chi connectivity index (χ4v) is 7.32. The number of rotatable bonds is 8. The summed E-state index contributed by atoms with van der Waals surface area (Å²) in [6.45, 7) is 0.211. The third-order valence-electron chi connectivity index (χ3n) is 8.70. The largest absolute Gasteiger partial charge is 0.497 e. The molecule has 5 atom stereocenters. The zero-order valence-corrected chi connectivity index (χ0v) is 23.6. The molecule has 40 heavy (non-hydrogen) atoms. The molecular formula is C31H35N3O5S. The highest BCUT2D eigenvalue weighted by molar-refractivity contribution is 7.98. The van der Waals surface area contributed by atoms with E-state index in [0.717, 1.165) is 36.1 Å². The number of likely N-dealkylation sites (tertiary alicyclic amines) is 1. The van der Waals surface area contributed by atoms with Crippen molar-refractivity contribution in [1.29, 1.82) is 0 Å². The minimum Gasteiger partial charge on any atom is -0.497 e. The Morgan fingerprint density at radius 3 is 2.67 bits per heavy atom. The summed E-state index contributed by atoms with van der Waals surface area (Å²) < 4.78 is 11.9. The molecule has 3 aliphatic heterocycles. The van der Waals surface area contributed by atoms with E-state index < -0.39 is 29.6 Å². The van der Waals surface area contributed by atoms with E-state index in [4.69, 9.17) is 9.47 Å². The number of carbonyl (C=O) groups is 3. The van der Waals surface area contributed by atoms with Gasteiger partial charge >= 0.3 is 0 Å². The number of thioether (sulfide) groups is 1. The summed E-state index contributed by atoms with van der Waals surface area (Å²) in [5.41, 5.74) is 0.318. The van der Waals surface area contributed by atoms with Gasteiger partial charge in [0.05, 0.1) is 25.0 Å². The highest BCUT2D eigenvalue weighted by Gasteiger charge is 2.72. The van der Waals surface area contributed by atoms with E-state index in [1.54, 1.807) is 23.8 Å². The summed E-state index contributed by atoms with van der Waals surface area (Å²) in [6.07, 6.45) is 10.3. The predicted octanol–water partition coefficient (Wildman–Crippen LogP) is 4.16. The second-order valence-corrected chi connectivity index (χ2v) is 12.0. The average Bonchev–Trinajstić information content (AvgIpc) is 3.61. The normalized spacial score (nSPS) is 28.9. The minimum absolute atomic E-state index is 0.0795. The number of hydrogen-bond donors (Lipinski definition) is 2. The summed E-state index contributed by atoms with van der Waals surface area (Å²) in [5, 5.41) is 6.24. The topological polar surface area (TPSA) is 97.0 Å². The van der Waals surface area contributed by atoms with Gasteiger partial charge in [0, 0.05) is 23.2 Å². The zero-order chi connectivity index (χ0) is 27.9. The lowest BCUT2D eigenvalue weighted by atomic mass is 9.74. The van der Waals surface area contributed by atoms with E-state index in [1.807, 2.05) is 66.9 Å². The quantitative estimate of drug-likeness (QED) is 0.371. The fourth-order valence-electron chi connectivity index (χ4n) is 6.86. The first-order chi connectivity index (χ1) is 19.4. The smallest absolute Gasteiger partial charge is 0.246 e. The zero-order valence-electron chi connectivity index (χ0n) is 22.8. The number of nitrogens with one attached hydrogen (secondary N) is 2. The van der Waals surface area contributed by atoms with Crippen molar-refractivity contribution < 1.29 is 23.9 Å². The molecule has 0 aromatic heterocycles. The van der Waals surface area contributed by atoms with Gasteiger partial charge in [-0.3, -0.25) is 14.4 Å². The number of amides is 3. The number of anilines is 1. The molecule has 6 rings (SSSR count). The Morgan fingerprint density at radius 1 is 1.10 bits per heavy atom. The van der Waals surface area contributed by atoms with Gasteiger partial charge in [0.15, 0.2) is 0 Å². The van der Waals surface area contributed by atoms with Gasteiger partial charge in [0.2, 0.25) is 17.7 Å². The molecular weight excluding hydrogens is 526 g/mol. The molecule has 2 aromatic carbocycles. The maximum Gasteiger partial charge on any atom is 0.246 e. The second kappa shape index (κ2) is 10.9. The third kappa shape index (κ3) is 4.69. The second-order valence-electron chi connectivity index (χ2n) is 11.1. The van der Waals surface area contributed by atoms with Gasteiger partial charge in [0.1, 0.15) is 17.4 Å². The van der Waals surface area contributed by atoms with Gasteiger partial charge in [-0.1, -0.05) is 49.6 Å². The van der Waals surface area contributed by atoms with Crippen molar-refractivity contribution in [1.82, 2.24) is 10.2 Å². The summed E-state index contributed by atoms with van der Waals surface area (Å²) in [5.74, 6) is -1.59. The number of nitrogens with zero attached hydrogens (tertiary/aromatic N) is 1. The SMILES string of the molecule is COc1cccc(CN2C(=O)[C@@H]3[C@@H](C(=O)Nc4cccc(SC)c4)[C@@H]4C=C[C@@]3(O4)[C@H]2C(=O)NC2CCCCC2)c1. The van der Waals surface area contributed by atoms with Crippen molar-refractivity contribution in [2.24, 2.45) is 11.8 Å². The van der Waals surface area contributed by atoms with Crippen LogP contribution < -0.4 is 15.4 Å². The molecule has 2 bridgehead atoms. The summed E-state index contributed by atoms with van der Waals surface area (Å²) >= 11 is 1.59. The molecule has 1 saturated carbocycles. The Labute approximate surface area is 238 Å². The van der Waals surface area contributed by atoms with Gasteiger partial charge in [-0.25, -0.2) is 0 Å². The molecule has 1 spiro atoms. The fraction of sp³-hybridized carbons (Fsp3) is 0.452. The summed E-state index contributed by atoms with van der Waals surface area (Å²) in [4.78, 5) is 44.6. The van der Waals surface area contributed by atoms with E-state index >= 15 is 0 Å². The van der Waals surface area contributed by atoms with Crippen molar-refractivity contribution in [3.05, 3.63) is 66.2 Å². The van der Waals surface area contributed by atoms with Crippen LogP contribution in [0.5, 0.6) is 5.75 Å². The first-order valence-electron chi connectivity index (χ1n) is 14.0. The maximum atomic E-state index is 14.2.